The van der Waals surface area contributed by atoms with Gasteiger partial charge < -0.3 is 14.8 Å². The summed E-state index contributed by atoms with van der Waals surface area (Å²) < 4.78 is 12.4. The Labute approximate surface area is 199 Å². The summed E-state index contributed by atoms with van der Waals surface area (Å²) in [6.45, 7) is 3.63. The van der Waals surface area contributed by atoms with Crippen molar-refractivity contribution >= 4 is 40.0 Å². The average molecular weight is 488 g/mol. The van der Waals surface area contributed by atoms with Crippen LogP contribution in [0.15, 0.2) is 29.4 Å². The fourth-order valence-electron chi connectivity index (χ4n) is 3.66. The largest absolute Gasteiger partial charge is 0.494 e. The Morgan fingerprint density at radius 1 is 1.24 bits per heavy atom. The summed E-state index contributed by atoms with van der Waals surface area (Å²) in [7, 11) is 1.58. The molecule has 0 radical (unpaired) electrons. The van der Waals surface area contributed by atoms with Crippen molar-refractivity contribution in [2.45, 2.75) is 50.8 Å². The molecule has 4 rings (SSSR count). The topological polar surface area (TPSA) is 108 Å². The van der Waals surface area contributed by atoms with Gasteiger partial charge in [-0.25, -0.2) is 4.79 Å². The van der Waals surface area contributed by atoms with Crippen LogP contribution in [0.3, 0.4) is 0 Å². The van der Waals surface area contributed by atoms with Gasteiger partial charge in [0.15, 0.2) is 0 Å². The second-order valence-corrected chi connectivity index (χ2v) is 9.80. The third-order valence-electron chi connectivity index (χ3n) is 5.06. The van der Waals surface area contributed by atoms with Crippen LogP contribution in [0.2, 0.25) is 0 Å². The van der Waals surface area contributed by atoms with E-state index < -0.39 is 0 Å². The first kappa shape index (κ1) is 23.2. The summed E-state index contributed by atoms with van der Waals surface area (Å²) >= 11 is 2.67. The molecule has 0 spiro atoms. The number of carbonyl (C=O) groups is 2. The van der Waals surface area contributed by atoms with Crippen molar-refractivity contribution in [3.05, 3.63) is 40.3 Å². The maximum absolute atomic E-state index is 12.8. The lowest BCUT2D eigenvalue weighted by Crippen LogP contribution is -2.19. The molecule has 0 saturated heterocycles. The highest BCUT2D eigenvalue weighted by Gasteiger charge is 2.28. The fourth-order valence-corrected chi connectivity index (χ4v) is 5.64. The van der Waals surface area contributed by atoms with E-state index in [1.165, 1.54) is 27.8 Å². The van der Waals surface area contributed by atoms with Crippen LogP contribution in [-0.4, -0.2) is 51.1 Å². The molecule has 0 bridgehead atoms. The van der Waals surface area contributed by atoms with Crippen molar-refractivity contribution in [1.29, 1.82) is 0 Å². The molecular weight excluding hydrogens is 462 g/mol. The Bertz CT molecular complexity index is 1160. The number of nitrogens with one attached hydrogen (secondary N) is 1. The van der Waals surface area contributed by atoms with Gasteiger partial charge in [-0.2, -0.15) is 4.68 Å². The molecule has 0 unspecified atom stereocenters. The van der Waals surface area contributed by atoms with Crippen molar-refractivity contribution < 1.29 is 19.1 Å². The number of hydrogen-bond acceptors (Lipinski definition) is 9. The number of methoxy groups -OCH3 is 1. The van der Waals surface area contributed by atoms with Crippen LogP contribution in [0.25, 0.3) is 5.69 Å². The van der Waals surface area contributed by atoms with E-state index in [-0.39, 0.29) is 23.7 Å². The number of aryl methyl sites for hydroxylation is 1. The second-order valence-electron chi connectivity index (χ2n) is 7.75. The molecule has 11 heteroatoms. The molecular formula is C22H25N5O4S2. The van der Waals surface area contributed by atoms with Gasteiger partial charge in [0.2, 0.25) is 11.1 Å². The van der Waals surface area contributed by atoms with Crippen molar-refractivity contribution in [2.24, 2.45) is 0 Å². The van der Waals surface area contributed by atoms with E-state index in [4.69, 9.17) is 9.47 Å². The predicted molar refractivity (Wildman–Crippen MR) is 127 cm³/mol. The van der Waals surface area contributed by atoms with Crippen LogP contribution in [-0.2, 0) is 22.4 Å². The number of fused-ring (bicyclic) bond motifs is 1. The molecule has 0 atom stereocenters. The van der Waals surface area contributed by atoms with E-state index in [1.54, 1.807) is 7.11 Å². The standard InChI is InChI=1S/C22H25N5O4S2/c1-13(2)31-21(29)19-14-8-4-7-11-17(14)33-20(19)23-18(28)12-32-22-24-25-26-27(22)15-9-5-6-10-16(15)30-3/h5-6,9-10,13H,4,7-8,11-12H2,1-3H3,(H,23,28). The molecule has 2 aromatic heterocycles. The van der Waals surface area contributed by atoms with E-state index in [0.717, 1.165) is 36.1 Å². The number of rotatable bonds is 8. The quantitative estimate of drug-likeness (QED) is 0.376. The summed E-state index contributed by atoms with van der Waals surface area (Å²) in [5.41, 5.74) is 2.19. The smallest absolute Gasteiger partial charge is 0.341 e. The number of aromatic nitrogens is 4. The summed E-state index contributed by atoms with van der Waals surface area (Å²) in [5.74, 6) is 0.0735. The molecule has 174 valence electrons. The zero-order chi connectivity index (χ0) is 23.4. The Morgan fingerprint density at radius 2 is 2.03 bits per heavy atom. The highest BCUT2D eigenvalue weighted by Crippen LogP contribution is 2.39. The zero-order valence-electron chi connectivity index (χ0n) is 18.7. The molecule has 1 amide bonds. The number of nitrogens with zero attached hydrogens (tertiary/aromatic N) is 4. The first-order chi connectivity index (χ1) is 16.0. The number of benzene rings is 1. The van der Waals surface area contributed by atoms with E-state index >= 15 is 0 Å². The summed E-state index contributed by atoms with van der Waals surface area (Å²) in [6, 6.07) is 7.36. The number of thiophene rings is 1. The van der Waals surface area contributed by atoms with Crippen molar-refractivity contribution in [3.8, 4) is 11.4 Å². The molecule has 0 aliphatic heterocycles. The van der Waals surface area contributed by atoms with Crippen LogP contribution in [0, 0.1) is 0 Å². The minimum absolute atomic E-state index is 0.0801. The number of thioether (sulfide) groups is 1. The van der Waals surface area contributed by atoms with E-state index in [2.05, 4.69) is 20.8 Å². The molecule has 0 fully saturated rings. The Morgan fingerprint density at radius 3 is 2.82 bits per heavy atom. The number of para-hydroxylation sites is 2. The third kappa shape index (κ3) is 5.19. The molecule has 1 N–H and O–H groups in total. The number of esters is 1. The predicted octanol–water partition coefficient (Wildman–Crippen LogP) is 3.91. The van der Waals surface area contributed by atoms with Crippen molar-refractivity contribution in [2.75, 3.05) is 18.2 Å². The van der Waals surface area contributed by atoms with Crippen molar-refractivity contribution in [3.63, 3.8) is 0 Å². The van der Waals surface area contributed by atoms with Gasteiger partial charge in [-0.05, 0) is 67.7 Å². The third-order valence-corrected chi connectivity index (χ3v) is 7.18. The molecule has 3 aromatic rings. The summed E-state index contributed by atoms with van der Waals surface area (Å²) in [5, 5.41) is 15.7. The lowest BCUT2D eigenvalue weighted by Gasteiger charge is -2.14. The highest BCUT2D eigenvalue weighted by molar-refractivity contribution is 7.99. The van der Waals surface area contributed by atoms with Crippen LogP contribution in [0.1, 0.15) is 47.5 Å². The minimum atomic E-state index is -0.382. The van der Waals surface area contributed by atoms with Gasteiger partial charge in [-0.1, -0.05) is 23.9 Å². The van der Waals surface area contributed by atoms with Gasteiger partial charge in [0.05, 0.1) is 24.5 Å². The molecule has 9 nitrogen and oxygen atoms in total. The van der Waals surface area contributed by atoms with E-state index in [9.17, 15) is 9.59 Å². The summed E-state index contributed by atoms with van der Waals surface area (Å²) in [4.78, 5) is 26.7. The number of anilines is 1. The zero-order valence-corrected chi connectivity index (χ0v) is 20.3. The van der Waals surface area contributed by atoms with Gasteiger partial charge in [0.1, 0.15) is 16.4 Å². The fraction of sp³-hybridized carbons (Fsp3) is 0.409. The van der Waals surface area contributed by atoms with E-state index in [0.29, 0.717) is 27.2 Å². The maximum Gasteiger partial charge on any atom is 0.341 e. The number of hydrogen-bond donors (Lipinski definition) is 1. The number of ether oxygens (including phenoxy) is 2. The van der Waals surface area contributed by atoms with Crippen LogP contribution < -0.4 is 10.1 Å². The molecule has 1 aliphatic rings. The van der Waals surface area contributed by atoms with Gasteiger partial charge >= 0.3 is 5.97 Å². The number of amides is 1. The highest BCUT2D eigenvalue weighted by atomic mass is 32.2. The van der Waals surface area contributed by atoms with Crippen LogP contribution >= 0.6 is 23.1 Å². The average Bonchev–Trinajstić information content (AvgIpc) is 3.41. The lowest BCUT2D eigenvalue weighted by atomic mass is 9.95. The summed E-state index contributed by atoms with van der Waals surface area (Å²) in [6.07, 6.45) is 3.62. The Kier molecular flexibility index (Phi) is 7.29. The minimum Gasteiger partial charge on any atom is -0.494 e. The molecule has 0 saturated carbocycles. The molecule has 1 aromatic carbocycles. The monoisotopic (exact) mass is 487 g/mol. The molecule has 33 heavy (non-hydrogen) atoms. The van der Waals surface area contributed by atoms with Gasteiger partial charge in [0.25, 0.3) is 0 Å². The first-order valence-electron chi connectivity index (χ1n) is 10.7. The van der Waals surface area contributed by atoms with Gasteiger partial charge in [-0.3, -0.25) is 4.79 Å². The molecule has 1 aliphatic carbocycles. The van der Waals surface area contributed by atoms with Gasteiger partial charge in [-0.15, -0.1) is 16.4 Å². The van der Waals surface area contributed by atoms with Gasteiger partial charge in [0, 0.05) is 4.88 Å². The van der Waals surface area contributed by atoms with Crippen LogP contribution in [0.5, 0.6) is 5.75 Å². The molecule has 2 heterocycles. The van der Waals surface area contributed by atoms with Crippen LogP contribution in [0.4, 0.5) is 5.00 Å². The number of tetrazole rings is 1. The first-order valence-corrected chi connectivity index (χ1v) is 12.5. The number of carbonyl (C=O) groups excluding carboxylic acids is 2. The lowest BCUT2D eigenvalue weighted by molar-refractivity contribution is -0.113. The Hall–Kier alpha value is -2.92. The van der Waals surface area contributed by atoms with E-state index in [1.807, 2.05) is 38.1 Å². The van der Waals surface area contributed by atoms with Crippen molar-refractivity contribution in [1.82, 2.24) is 20.2 Å². The second kappa shape index (κ2) is 10.3. The SMILES string of the molecule is COc1ccccc1-n1nnnc1SCC(=O)Nc1sc2c(c1C(=O)OC(C)C)CCCC2. The Balaban J connectivity index is 1.49. The maximum atomic E-state index is 12.8. The normalized spacial score (nSPS) is 13.0.